The highest BCUT2D eigenvalue weighted by atomic mass is 35.5. The lowest BCUT2D eigenvalue weighted by Gasteiger charge is -2.16. The number of fused-ring (bicyclic) bond motifs is 1. The van der Waals surface area contributed by atoms with Crippen LogP contribution in [0.25, 0.3) is 11.0 Å². The second kappa shape index (κ2) is 10.8. The molecule has 0 unspecified atom stereocenters. The van der Waals surface area contributed by atoms with Crippen LogP contribution in [0.1, 0.15) is 53.8 Å². The fourth-order valence-electron chi connectivity index (χ4n) is 3.76. The van der Waals surface area contributed by atoms with Crippen LogP contribution in [0.3, 0.4) is 0 Å². The maximum atomic E-state index is 12.7. The van der Waals surface area contributed by atoms with Gasteiger partial charge in [0, 0.05) is 31.9 Å². The maximum Gasteiger partial charge on any atom is 0.433 e. The standard InChI is InChI=1S/C15H13F3N6O.C7H11ClO/c1-24-6-9(19)11-13(24)12(23-7-22-11)14(25)21-5-8-2-3-20-10(4-8)15(16,17)18;8-7(9)6-4-2-1-3-5-6/h2-4,6-7H,5,19H2,1H3,(H,21,25);6H,1-5H2. The van der Waals surface area contributed by atoms with Crippen molar-refractivity contribution in [2.45, 2.75) is 44.8 Å². The summed E-state index contributed by atoms with van der Waals surface area (Å²) in [5.74, 6) is -0.362. The van der Waals surface area contributed by atoms with Gasteiger partial charge in [0.15, 0.2) is 5.69 Å². The third-order valence-corrected chi connectivity index (χ3v) is 5.80. The molecule has 0 saturated heterocycles. The molecule has 1 amide bonds. The van der Waals surface area contributed by atoms with Crippen LogP contribution in [0.2, 0.25) is 0 Å². The normalized spacial score (nSPS) is 14.4. The SMILES string of the molecule is Cn1cc(N)c2ncnc(C(=O)NCc3ccnc(C(F)(F)F)c3)c21.O=C(Cl)C1CCCCC1. The number of nitrogens with zero attached hydrogens (tertiary/aromatic N) is 4. The first-order valence-electron chi connectivity index (χ1n) is 10.6. The predicted molar refractivity (Wildman–Crippen MR) is 121 cm³/mol. The van der Waals surface area contributed by atoms with Gasteiger partial charge in [0.2, 0.25) is 5.24 Å². The van der Waals surface area contributed by atoms with E-state index in [0.717, 1.165) is 25.1 Å². The first-order chi connectivity index (χ1) is 16.1. The largest absolute Gasteiger partial charge is 0.433 e. The summed E-state index contributed by atoms with van der Waals surface area (Å²) >= 11 is 5.32. The van der Waals surface area contributed by atoms with Crippen LogP contribution in [0, 0.1) is 5.92 Å². The number of aryl methyl sites for hydroxylation is 1. The van der Waals surface area contributed by atoms with Crippen molar-refractivity contribution < 1.29 is 22.8 Å². The smallest absolute Gasteiger partial charge is 0.396 e. The van der Waals surface area contributed by atoms with Gasteiger partial charge in [-0.25, -0.2) is 9.97 Å². The molecular weight excluding hydrogens is 473 g/mol. The number of carbonyl (C=O) groups excluding carboxylic acids is 2. The van der Waals surface area contributed by atoms with E-state index in [-0.39, 0.29) is 29.0 Å². The Labute approximate surface area is 198 Å². The molecule has 0 aliphatic heterocycles. The van der Waals surface area contributed by atoms with Crippen molar-refractivity contribution in [1.82, 2.24) is 24.8 Å². The molecule has 1 aliphatic rings. The van der Waals surface area contributed by atoms with Gasteiger partial charge >= 0.3 is 6.18 Å². The highest BCUT2D eigenvalue weighted by Crippen LogP contribution is 2.28. The van der Waals surface area contributed by atoms with Crippen LogP contribution in [0.5, 0.6) is 0 Å². The first-order valence-corrected chi connectivity index (χ1v) is 11.0. The molecule has 3 heterocycles. The highest BCUT2D eigenvalue weighted by Gasteiger charge is 2.32. The molecule has 0 atom stereocenters. The molecule has 0 radical (unpaired) electrons. The van der Waals surface area contributed by atoms with E-state index in [9.17, 15) is 22.8 Å². The van der Waals surface area contributed by atoms with Crippen molar-refractivity contribution in [2.75, 3.05) is 5.73 Å². The van der Waals surface area contributed by atoms with Crippen molar-refractivity contribution in [1.29, 1.82) is 0 Å². The van der Waals surface area contributed by atoms with Gasteiger partial charge in [0.25, 0.3) is 5.91 Å². The fourth-order valence-corrected chi connectivity index (χ4v) is 3.98. The molecule has 1 aliphatic carbocycles. The minimum Gasteiger partial charge on any atom is -0.396 e. The molecule has 8 nitrogen and oxygen atoms in total. The summed E-state index contributed by atoms with van der Waals surface area (Å²) < 4.78 is 39.6. The Morgan fingerprint density at radius 1 is 1.21 bits per heavy atom. The summed E-state index contributed by atoms with van der Waals surface area (Å²) in [7, 11) is 1.69. The van der Waals surface area contributed by atoms with Crippen molar-refractivity contribution in [2.24, 2.45) is 13.0 Å². The molecule has 182 valence electrons. The lowest BCUT2D eigenvalue weighted by molar-refractivity contribution is -0.141. The number of halogens is 4. The van der Waals surface area contributed by atoms with Crippen molar-refractivity contribution in [3.63, 3.8) is 0 Å². The number of amides is 1. The van der Waals surface area contributed by atoms with Gasteiger partial charge < -0.3 is 15.6 Å². The Bertz CT molecular complexity index is 1180. The number of aromatic nitrogens is 4. The summed E-state index contributed by atoms with van der Waals surface area (Å²) in [6.07, 6.45) is 5.00. The van der Waals surface area contributed by atoms with Gasteiger partial charge in [-0.1, -0.05) is 19.3 Å². The second-order valence-electron chi connectivity index (χ2n) is 7.98. The summed E-state index contributed by atoms with van der Waals surface area (Å²) in [5, 5.41) is 2.41. The zero-order valence-corrected chi connectivity index (χ0v) is 19.2. The Hall–Kier alpha value is -3.21. The number of nitrogen functional groups attached to an aromatic ring is 1. The minimum atomic E-state index is -4.54. The van der Waals surface area contributed by atoms with E-state index in [1.54, 1.807) is 17.8 Å². The zero-order valence-electron chi connectivity index (χ0n) is 18.4. The molecule has 12 heteroatoms. The van der Waals surface area contributed by atoms with E-state index >= 15 is 0 Å². The molecule has 3 aromatic heterocycles. The summed E-state index contributed by atoms with van der Waals surface area (Å²) in [6.45, 7) is -0.101. The van der Waals surface area contributed by atoms with E-state index < -0.39 is 17.8 Å². The van der Waals surface area contributed by atoms with Crippen LogP contribution >= 0.6 is 11.6 Å². The number of anilines is 1. The van der Waals surface area contributed by atoms with E-state index in [1.807, 2.05) is 0 Å². The van der Waals surface area contributed by atoms with E-state index in [4.69, 9.17) is 17.3 Å². The third kappa shape index (κ3) is 6.22. The van der Waals surface area contributed by atoms with E-state index in [1.165, 1.54) is 31.7 Å². The van der Waals surface area contributed by atoms with Gasteiger partial charge in [-0.15, -0.1) is 0 Å². The van der Waals surface area contributed by atoms with Gasteiger partial charge in [0.1, 0.15) is 23.1 Å². The highest BCUT2D eigenvalue weighted by molar-refractivity contribution is 6.63. The third-order valence-electron chi connectivity index (χ3n) is 5.49. The first kappa shape index (κ1) is 25.4. The van der Waals surface area contributed by atoms with Gasteiger partial charge in [-0.2, -0.15) is 13.2 Å². The second-order valence-corrected chi connectivity index (χ2v) is 8.36. The monoisotopic (exact) mass is 496 g/mol. The number of rotatable bonds is 4. The molecule has 3 N–H and O–H groups in total. The van der Waals surface area contributed by atoms with Crippen LogP contribution < -0.4 is 11.1 Å². The molecule has 0 bridgehead atoms. The van der Waals surface area contributed by atoms with Crippen LogP contribution in [0.4, 0.5) is 18.9 Å². The van der Waals surface area contributed by atoms with Crippen molar-refractivity contribution in [3.05, 3.63) is 47.8 Å². The minimum absolute atomic E-state index is 0.0919. The zero-order chi connectivity index (χ0) is 24.9. The van der Waals surface area contributed by atoms with Crippen LogP contribution in [0.15, 0.2) is 30.9 Å². The number of hydrogen-bond acceptors (Lipinski definition) is 6. The predicted octanol–water partition coefficient (Wildman–Crippen LogP) is 4.23. The maximum absolute atomic E-state index is 12.7. The lowest BCUT2D eigenvalue weighted by Crippen LogP contribution is -2.25. The van der Waals surface area contributed by atoms with Crippen molar-refractivity contribution >= 4 is 39.5 Å². The molecule has 0 spiro atoms. The Morgan fingerprint density at radius 2 is 1.91 bits per heavy atom. The topological polar surface area (TPSA) is 116 Å². The molecule has 34 heavy (non-hydrogen) atoms. The summed E-state index contributed by atoms with van der Waals surface area (Å²) in [6, 6.07) is 2.28. The molecule has 1 saturated carbocycles. The quantitative estimate of drug-likeness (QED) is 0.522. The van der Waals surface area contributed by atoms with Gasteiger partial charge in [0.05, 0.1) is 5.69 Å². The number of nitrogens with two attached hydrogens (primary N) is 1. The van der Waals surface area contributed by atoms with Crippen LogP contribution in [-0.2, 0) is 24.6 Å². The van der Waals surface area contributed by atoms with Gasteiger partial charge in [-0.3, -0.25) is 14.6 Å². The van der Waals surface area contributed by atoms with E-state index in [0.29, 0.717) is 16.7 Å². The number of nitrogens with one attached hydrogen (secondary N) is 1. The van der Waals surface area contributed by atoms with Crippen LogP contribution in [-0.4, -0.2) is 30.7 Å². The van der Waals surface area contributed by atoms with Gasteiger partial charge in [-0.05, 0) is 42.1 Å². The number of alkyl halides is 3. The fraction of sp³-hybridized carbons (Fsp3) is 0.409. The Kier molecular flexibility index (Phi) is 8.08. The summed E-state index contributed by atoms with van der Waals surface area (Å²) in [5.41, 5.74) is 6.44. The molecule has 4 rings (SSSR count). The van der Waals surface area contributed by atoms with E-state index in [2.05, 4.69) is 20.3 Å². The summed E-state index contributed by atoms with van der Waals surface area (Å²) in [4.78, 5) is 34.2. The molecule has 1 fully saturated rings. The Balaban J connectivity index is 0.000000302. The average Bonchev–Trinajstić information content (AvgIpc) is 3.11. The average molecular weight is 497 g/mol. The lowest BCUT2D eigenvalue weighted by atomic mass is 9.90. The Morgan fingerprint density at radius 3 is 2.53 bits per heavy atom. The number of hydrogen-bond donors (Lipinski definition) is 2. The molecular formula is C22H24ClF3N6O2. The number of carbonyl (C=O) groups is 2. The molecule has 3 aromatic rings. The number of pyridine rings is 1. The molecule has 0 aromatic carbocycles. The van der Waals surface area contributed by atoms with Crippen molar-refractivity contribution in [3.8, 4) is 0 Å².